The zero-order chi connectivity index (χ0) is 16.6. The fourth-order valence-electron chi connectivity index (χ4n) is 1.34. The van der Waals surface area contributed by atoms with Crippen LogP contribution in [0.15, 0.2) is 12.3 Å². The predicted octanol–water partition coefficient (Wildman–Crippen LogP) is 0.936. The van der Waals surface area contributed by atoms with Crippen LogP contribution in [0.5, 0.6) is 0 Å². The maximum Gasteiger partial charge on any atom is 0.493 e. The van der Waals surface area contributed by atoms with Crippen LogP contribution in [-0.4, -0.2) is 33.4 Å². The first-order valence-corrected chi connectivity index (χ1v) is 6.16. The van der Waals surface area contributed by atoms with E-state index in [1.165, 1.54) is 27.7 Å². The average molecular weight is 306 g/mol. The molecule has 0 aliphatic carbocycles. The van der Waals surface area contributed by atoms with Gasteiger partial charge in [0, 0.05) is 11.7 Å². The highest BCUT2D eigenvalue weighted by atomic mass is 19.4. The van der Waals surface area contributed by atoms with Crippen LogP contribution in [0, 0.1) is 0 Å². The second-order valence-corrected chi connectivity index (χ2v) is 5.74. The third kappa shape index (κ3) is 4.08. The van der Waals surface area contributed by atoms with Gasteiger partial charge in [0.25, 0.3) is 0 Å². The van der Waals surface area contributed by atoms with Gasteiger partial charge in [0.15, 0.2) is 0 Å². The normalized spacial score (nSPS) is 13.4. The van der Waals surface area contributed by atoms with Crippen LogP contribution in [0.2, 0.25) is 0 Å². The zero-order valence-corrected chi connectivity index (χ0v) is 12.2. The summed E-state index contributed by atoms with van der Waals surface area (Å²) in [5.74, 6) is -0.680. The van der Waals surface area contributed by atoms with Gasteiger partial charge < -0.3 is 20.5 Å². The van der Waals surface area contributed by atoms with Crippen LogP contribution in [0.4, 0.5) is 19.0 Å². The number of nitrogens with zero attached hydrogens (tertiary/aromatic N) is 1. The molecule has 0 aromatic carbocycles. The molecule has 0 amide bonds. The van der Waals surface area contributed by atoms with Crippen molar-refractivity contribution in [3.8, 4) is 0 Å². The first-order valence-electron chi connectivity index (χ1n) is 6.16. The predicted molar refractivity (Wildman–Crippen MR) is 72.7 cm³/mol. The van der Waals surface area contributed by atoms with Crippen molar-refractivity contribution in [1.29, 1.82) is 0 Å². The molecule has 0 radical (unpaired) electrons. The highest BCUT2D eigenvalue weighted by Crippen LogP contribution is 2.32. The lowest BCUT2D eigenvalue weighted by Gasteiger charge is -2.38. The van der Waals surface area contributed by atoms with E-state index >= 15 is 0 Å². The summed E-state index contributed by atoms with van der Waals surface area (Å²) in [7, 11) is -1.68. The summed E-state index contributed by atoms with van der Waals surface area (Å²) in [6, 6.07) is 0.674. The summed E-state index contributed by atoms with van der Waals surface area (Å²) in [4.78, 5) is 3.41. The maximum atomic E-state index is 12.7. The lowest BCUT2D eigenvalue weighted by molar-refractivity contribution is -0.137. The number of hydrogen-bond donors (Lipinski definition) is 3. The van der Waals surface area contributed by atoms with Gasteiger partial charge in [0.2, 0.25) is 0 Å². The Hall–Kier alpha value is -1.32. The van der Waals surface area contributed by atoms with Gasteiger partial charge in [-0.25, -0.2) is 4.98 Å². The summed E-state index contributed by atoms with van der Waals surface area (Å²) < 4.78 is 43.5. The molecule has 1 aromatic rings. The topological polar surface area (TPSA) is 88.6 Å². The smallest absolute Gasteiger partial charge is 0.423 e. The van der Waals surface area contributed by atoms with Crippen LogP contribution in [0.3, 0.4) is 0 Å². The number of nitrogen functional groups attached to an aromatic ring is 1. The molecule has 0 saturated carbocycles. The second kappa shape index (κ2) is 5.47. The zero-order valence-electron chi connectivity index (χ0n) is 12.2. The fourth-order valence-corrected chi connectivity index (χ4v) is 1.34. The summed E-state index contributed by atoms with van der Waals surface area (Å²) in [5, 5.41) is 19.8. The van der Waals surface area contributed by atoms with Gasteiger partial charge in [-0.15, -0.1) is 0 Å². The Bertz CT molecular complexity index is 515. The number of rotatable bonds is 4. The highest BCUT2D eigenvalue weighted by molar-refractivity contribution is 6.60. The number of pyridine rings is 1. The SMILES string of the molecule is CC(C)(O)C(C)(C)OB(O)c1cnc(N)c(C(F)(F)F)c1. The van der Waals surface area contributed by atoms with E-state index in [2.05, 4.69) is 4.98 Å². The summed E-state index contributed by atoms with van der Waals surface area (Å²) in [5.41, 5.74) is 1.31. The molecule has 0 atom stereocenters. The van der Waals surface area contributed by atoms with E-state index in [4.69, 9.17) is 10.4 Å². The van der Waals surface area contributed by atoms with Crippen LogP contribution >= 0.6 is 0 Å². The Morgan fingerprint density at radius 1 is 1.24 bits per heavy atom. The van der Waals surface area contributed by atoms with Crippen molar-refractivity contribution in [1.82, 2.24) is 4.98 Å². The minimum atomic E-state index is -4.68. The minimum absolute atomic E-state index is 0.200. The average Bonchev–Trinajstić information content (AvgIpc) is 2.25. The highest BCUT2D eigenvalue weighted by Gasteiger charge is 2.41. The number of aliphatic hydroxyl groups is 1. The van der Waals surface area contributed by atoms with Crippen LogP contribution in [-0.2, 0) is 10.8 Å². The molecule has 0 saturated heterocycles. The van der Waals surface area contributed by atoms with E-state index in [9.17, 15) is 23.3 Å². The molecule has 0 unspecified atom stereocenters. The van der Waals surface area contributed by atoms with Crippen LogP contribution in [0.25, 0.3) is 0 Å². The first-order chi connectivity index (χ1) is 9.25. The number of anilines is 1. The van der Waals surface area contributed by atoms with Gasteiger partial charge in [0.05, 0.1) is 16.8 Å². The molecule has 4 N–H and O–H groups in total. The molecule has 118 valence electrons. The van der Waals surface area contributed by atoms with E-state index in [-0.39, 0.29) is 5.46 Å². The molecule has 1 rings (SSSR count). The lowest BCUT2D eigenvalue weighted by Crippen LogP contribution is -2.53. The van der Waals surface area contributed by atoms with Gasteiger partial charge in [-0.2, -0.15) is 13.2 Å². The molecule has 0 aliphatic heterocycles. The summed E-state index contributed by atoms with van der Waals surface area (Å²) in [6.07, 6.45) is -3.69. The quantitative estimate of drug-likeness (QED) is 0.720. The molecule has 0 aliphatic rings. The number of alkyl halides is 3. The van der Waals surface area contributed by atoms with Gasteiger partial charge in [-0.1, -0.05) is 0 Å². The van der Waals surface area contributed by atoms with Gasteiger partial charge >= 0.3 is 13.3 Å². The Kier molecular flexibility index (Phi) is 4.62. The standard InChI is InChI=1S/C12H18BF3N2O3/c1-10(2,19)11(3,4)21-13(20)7-5-8(12(14,15)16)9(17)18-6-7/h5-6,19-20H,1-4H3,(H2,17,18). The van der Waals surface area contributed by atoms with Crippen molar-refractivity contribution < 1.29 is 28.0 Å². The Morgan fingerprint density at radius 2 is 1.76 bits per heavy atom. The number of halogens is 3. The van der Waals surface area contributed by atoms with Crippen molar-refractivity contribution in [2.75, 3.05) is 5.73 Å². The van der Waals surface area contributed by atoms with Gasteiger partial charge in [-0.05, 0) is 33.8 Å². The second-order valence-electron chi connectivity index (χ2n) is 5.74. The molecular weight excluding hydrogens is 288 g/mol. The van der Waals surface area contributed by atoms with E-state index in [1.807, 2.05) is 0 Å². The molecule has 0 fully saturated rings. The van der Waals surface area contributed by atoms with Crippen molar-refractivity contribution in [3.63, 3.8) is 0 Å². The first kappa shape index (κ1) is 17.7. The summed E-state index contributed by atoms with van der Waals surface area (Å²) in [6.45, 7) is 5.93. The van der Waals surface area contributed by atoms with Crippen LogP contribution in [0.1, 0.15) is 33.3 Å². The van der Waals surface area contributed by atoms with Crippen molar-refractivity contribution in [2.45, 2.75) is 45.1 Å². The number of nitrogens with two attached hydrogens (primary N) is 1. The molecule has 21 heavy (non-hydrogen) atoms. The Morgan fingerprint density at radius 3 is 2.19 bits per heavy atom. The molecule has 1 aromatic heterocycles. The van der Waals surface area contributed by atoms with Crippen LogP contribution < -0.4 is 11.2 Å². The van der Waals surface area contributed by atoms with E-state index < -0.39 is 35.9 Å². The monoisotopic (exact) mass is 306 g/mol. The molecule has 0 spiro atoms. The van der Waals surface area contributed by atoms with E-state index in [0.717, 1.165) is 6.20 Å². The lowest BCUT2D eigenvalue weighted by atomic mass is 9.77. The fraction of sp³-hybridized carbons (Fsp3) is 0.583. The van der Waals surface area contributed by atoms with Crippen molar-refractivity contribution >= 4 is 18.4 Å². The van der Waals surface area contributed by atoms with Gasteiger partial charge in [0.1, 0.15) is 5.82 Å². The minimum Gasteiger partial charge on any atom is -0.423 e. The Labute approximate surface area is 121 Å². The molecule has 1 heterocycles. The third-order valence-electron chi connectivity index (χ3n) is 3.41. The number of aromatic nitrogens is 1. The molecule has 9 heteroatoms. The van der Waals surface area contributed by atoms with E-state index in [0.29, 0.717) is 6.07 Å². The molecular formula is C12H18BF3N2O3. The number of hydrogen-bond acceptors (Lipinski definition) is 5. The van der Waals surface area contributed by atoms with Gasteiger partial charge in [-0.3, -0.25) is 0 Å². The Balaban J connectivity index is 3.07. The largest absolute Gasteiger partial charge is 0.493 e. The molecule has 5 nitrogen and oxygen atoms in total. The van der Waals surface area contributed by atoms with Crippen molar-refractivity contribution in [3.05, 3.63) is 17.8 Å². The molecule has 0 bridgehead atoms. The summed E-state index contributed by atoms with van der Waals surface area (Å²) >= 11 is 0. The van der Waals surface area contributed by atoms with E-state index in [1.54, 1.807) is 0 Å². The third-order valence-corrected chi connectivity index (χ3v) is 3.41. The van der Waals surface area contributed by atoms with Crippen molar-refractivity contribution in [2.24, 2.45) is 0 Å². The maximum absolute atomic E-state index is 12.7.